The van der Waals surface area contributed by atoms with E-state index in [1.54, 1.807) is 23.1 Å². The molecule has 15 heteroatoms. The van der Waals surface area contributed by atoms with Crippen molar-refractivity contribution < 1.29 is 37.9 Å². The summed E-state index contributed by atoms with van der Waals surface area (Å²) in [6, 6.07) is 6.32. The van der Waals surface area contributed by atoms with Crippen LogP contribution in [-0.2, 0) is 14.4 Å². The highest BCUT2D eigenvalue weighted by molar-refractivity contribution is 6.25. The number of nitrogen functional groups attached to an aromatic ring is 1. The Morgan fingerprint density at radius 3 is 2.53 bits per heavy atom. The average molecular weight is 650 g/mol. The molecular formula is C32H36FN7O7. The van der Waals surface area contributed by atoms with Gasteiger partial charge in [-0.15, -0.1) is 0 Å². The summed E-state index contributed by atoms with van der Waals surface area (Å²) in [6.07, 6.45) is 0.975. The second-order valence-corrected chi connectivity index (χ2v) is 12.1. The normalized spacial score (nSPS) is 21.6. The molecule has 4 aliphatic rings. The predicted octanol–water partition coefficient (Wildman–Crippen LogP) is 0.361. The molecule has 0 aromatic heterocycles. The summed E-state index contributed by atoms with van der Waals surface area (Å²) >= 11 is 0. The number of benzene rings is 2. The molecule has 3 fully saturated rings. The number of carbonyl (C=O) groups excluding carboxylic acids is 6. The van der Waals surface area contributed by atoms with Crippen LogP contribution in [0.3, 0.4) is 0 Å². The Kier molecular flexibility index (Phi) is 8.82. The highest BCUT2D eigenvalue weighted by atomic mass is 19.1. The van der Waals surface area contributed by atoms with E-state index in [1.165, 1.54) is 19.2 Å². The molecular weight excluding hydrogens is 613 g/mol. The Hall–Kier alpha value is -5.05. The van der Waals surface area contributed by atoms with Gasteiger partial charge in [0.15, 0.2) is 5.82 Å². The lowest BCUT2D eigenvalue weighted by Crippen LogP contribution is -2.54. The van der Waals surface area contributed by atoms with Crippen LogP contribution in [0.2, 0.25) is 0 Å². The Morgan fingerprint density at radius 1 is 1.04 bits per heavy atom. The van der Waals surface area contributed by atoms with E-state index < -0.39 is 41.4 Å². The highest BCUT2D eigenvalue weighted by Gasteiger charge is 2.46. The number of methoxy groups -OCH3 is 1. The van der Waals surface area contributed by atoms with Gasteiger partial charge in [0.05, 0.1) is 35.2 Å². The van der Waals surface area contributed by atoms with E-state index in [-0.39, 0.29) is 59.3 Å². The van der Waals surface area contributed by atoms with Gasteiger partial charge in [-0.1, -0.05) is 6.07 Å². The van der Waals surface area contributed by atoms with Gasteiger partial charge in [-0.3, -0.25) is 43.9 Å². The van der Waals surface area contributed by atoms with E-state index in [0.717, 1.165) is 4.90 Å². The summed E-state index contributed by atoms with van der Waals surface area (Å²) in [5.74, 6) is -3.37. The number of nitrogens with two attached hydrogens (primary N) is 1. The third-order valence-corrected chi connectivity index (χ3v) is 9.23. The molecule has 0 spiro atoms. The van der Waals surface area contributed by atoms with Crippen LogP contribution < -0.4 is 26.0 Å². The largest absolute Gasteiger partial charge is 0.497 e. The molecule has 0 bridgehead atoms. The number of fused-ring (bicyclic) bond motifs is 1. The van der Waals surface area contributed by atoms with Crippen molar-refractivity contribution in [3.63, 3.8) is 0 Å². The standard InChI is InChI=1S/C32H36FN7O7/c1-47-19-15-21(28(33)22(34)16-19)29(43)35-18-7-10-39(17-18)26(42)8-9-37-11-13-38(14-12-37)23-4-2-3-20-27(23)32(46)40(31(20)45)24-5-6-25(41)36-30(24)44/h2-4,15-16,18,24H,5-14,17,34H2,1H3,(H,35,43)(H,36,41,44)/t18-,24?/m1/s1. The smallest absolute Gasteiger partial charge is 0.264 e. The molecule has 2 atom stereocenters. The summed E-state index contributed by atoms with van der Waals surface area (Å²) < 4.78 is 19.6. The topological polar surface area (TPSA) is 175 Å². The van der Waals surface area contributed by atoms with Crippen LogP contribution in [0.15, 0.2) is 30.3 Å². The highest BCUT2D eigenvalue weighted by Crippen LogP contribution is 2.34. The fraction of sp³-hybridized carbons (Fsp3) is 0.438. The van der Waals surface area contributed by atoms with Crippen molar-refractivity contribution in [3.8, 4) is 5.75 Å². The third-order valence-electron chi connectivity index (χ3n) is 9.23. The molecule has 2 aromatic rings. The first-order valence-electron chi connectivity index (χ1n) is 15.6. The molecule has 2 aromatic carbocycles. The van der Waals surface area contributed by atoms with Crippen molar-refractivity contribution in [2.24, 2.45) is 0 Å². The van der Waals surface area contributed by atoms with Gasteiger partial charge >= 0.3 is 0 Å². The molecule has 0 radical (unpaired) electrons. The van der Waals surface area contributed by atoms with Gasteiger partial charge in [-0.2, -0.15) is 0 Å². The van der Waals surface area contributed by atoms with Crippen molar-refractivity contribution in [1.29, 1.82) is 0 Å². The van der Waals surface area contributed by atoms with Crippen LogP contribution in [-0.4, -0.2) is 115 Å². The van der Waals surface area contributed by atoms with E-state index in [1.807, 2.05) is 4.90 Å². The number of hydrogen-bond donors (Lipinski definition) is 3. The van der Waals surface area contributed by atoms with Crippen LogP contribution in [0.1, 0.15) is 56.8 Å². The number of anilines is 2. The van der Waals surface area contributed by atoms with Crippen LogP contribution >= 0.6 is 0 Å². The maximum atomic E-state index is 14.5. The number of hydrogen-bond acceptors (Lipinski definition) is 10. The number of nitrogens with zero attached hydrogens (tertiary/aromatic N) is 4. The minimum absolute atomic E-state index is 0.0421. The quantitative estimate of drug-likeness (QED) is 0.268. The number of piperazine rings is 1. The molecule has 14 nitrogen and oxygen atoms in total. The lowest BCUT2D eigenvalue weighted by Gasteiger charge is -2.37. The zero-order valence-corrected chi connectivity index (χ0v) is 25.9. The number of amides is 6. The summed E-state index contributed by atoms with van der Waals surface area (Å²) in [5, 5.41) is 5.01. The minimum atomic E-state index is -1.03. The number of carbonyl (C=O) groups is 6. The maximum absolute atomic E-state index is 14.5. The first-order chi connectivity index (χ1) is 22.5. The van der Waals surface area contributed by atoms with Gasteiger partial charge in [0, 0.05) is 70.8 Å². The molecule has 47 heavy (non-hydrogen) atoms. The van der Waals surface area contributed by atoms with E-state index in [0.29, 0.717) is 57.9 Å². The monoisotopic (exact) mass is 649 g/mol. The van der Waals surface area contributed by atoms with E-state index in [9.17, 15) is 33.2 Å². The number of rotatable bonds is 8. The molecule has 0 saturated carbocycles. The summed E-state index contributed by atoms with van der Waals surface area (Å²) in [7, 11) is 1.40. The zero-order chi connectivity index (χ0) is 33.4. The Labute approximate surface area is 269 Å². The number of ether oxygens (including phenoxy) is 1. The molecule has 6 rings (SSSR count). The van der Waals surface area contributed by atoms with E-state index in [4.69, 9.17) is 10.5 Å². The minimum Gasteiger partial charge on any atom is -0.497 e. The SMILES string of the molecule is COc1cc(N)c(F)c(C(=O)N[C@@H]2CCN(C(=O)CCN3CCN(c4cccc5c4C(=O)N(C4CCC(=O)NC4=O)C5=O)CC3)C2)c1. The molecule has 6 amide bonds. The summed E-state index contributed by atoms with van der Waals surface area (Å²) in [6.45, 7) is 3.71. The first kappa shape index (κ1) is 31.9. The van der Waals surface area contributed by atoms with Crippen molar-refractivity contribution >= 4 is 46.8 Å². The number of imide groups is 2. The van der Waals surface area contributed by atoms with Gasteiger partial charge in [-0.05, 0) is 31.0 Å². The van der Waals surface area contributed by atoms with Gasteiger partial charge in [0.25, 0.3) is 17.7 Å². The summed E-state index contributed by atoms with van der Waals surface area (Å²) in [4.78, 5) is 83.3. The molecule has 4 heterocycles. The Morgan fingerprint density at radius 2 is 1.81 bits per heavy atom. The van der Waals surface area contributed by atoms with Crippen molar-refractivity contribution in [3.05, 3.63) is 52.8 Å². The van der Waals surface area contributed by atoms with E-state index >= 15 is 0 Å². The first-order valence-corrected chi connectivity index (χ1v) is 15.6. The fourth-order valence-corrected chi connectivity index (χ4v) is 6.66. The number of nitrogens with one attached hydrogen (secondary N) is 2. The lowest BCUT2D eigenvalue weighted by molar-refractivity contribution is -0.136. The van der Waals surface area contributed by atoms with Crippen LogP contribution in [0.5, 0.6) is 5.75 Å². The number of halogens is 1. The Bertz CT molecular complexity index is 1660. The van der Waals surface area contributed by atoms with E-state index in [2.05, 4.69) is 15.5 Å². The maximum Gasteiger partial charge on any atom is 0.264 e. The third kappa shape index (κ3) is 6.22. The molecule has 3 saturated heterocycles. The van der Waals surface area contributed by atoms with Gasteiger partial charge in [0.1, 0.15) is 11.8 Å². The van der Waals surface area contributed by atoms with Crippen molar-refractivity contribution in [1.82, 2.24) is 25.3 Å². The van der Waals surface area contributed by atoms with Gasteiger partial charge in [-0.25, -0.2) is 4.39 Å². The van der Waals surface area contributed by atoms with Crippen LogP contribution in [0, 0.1) is 5.82 Å². The number of likely N-dealkylation sites (tertiary alicyclic amines) is 1. The summed E-state index contributed by atoms with van der Waals surface area (Å²) in [5.41, 5.74) is 6.38. The average Bonchev–Trinajstić information content (AvgIpc) is 3.63. The number of piperidine rings is 1. The molecule has 0 aliphatic carbocycles. The molecule has 4 N–H and O–H groups in total. The van der Waals surface area contributed by atoms with Gasteiger partial charge < -0.3 is 25.6 Å². The van der Waals surface area contributed by atoms with Crippen molar-refractivity contribution in [2.75, 3.05) is 63.6 Å². The fourth-order valence-electron chi connectivity index (χ4n) is 6.66. The Balaban J connectivity index is 0.995. The molecule has 4 aliphatic heterocycles. The van der Waals surface area contributed by atoms with Crippen molar-refractivity contribution in [2.45, 2.75) is 37.8 Å². The van der Waals surface area contributed by atoms with Crippen LogP contribution in [0.4, 0.5) is 15.8 Å². The predicted molar refractivity (Wildman–Crippen MR) is 166 cm³/mol. The zero-order valence-electron chi connectivity index (χ0n) is 25.9. The van der Waals surface area contributed by atoms with Crippen LogP contribution in [0.25, 0.3) is 0 Å². The molecule has 1 unspecified atom stereocenters. The van der Waals surface area contributed by atoms with Gasteiger partial charge in [0.2, 0.25) is 17.7 Å². The molecule has 248 valence electrons. The second kappa shape index (κ2) is 13.0. The second-order valence-electron chi connectivity index (χ2n) is 12.1. The lowest BCUT2D eigenvalue weighted by atomic mass is 10.0.